The van der Waals surface area contributed by atoms with Gasteiger partial charge in [-0.1, -0.05) is 22.0 Å². The van der Waals surface area contributed by atoms with Gasteiger partial charge in [0.25, 0.3) is 0 Å². The largest absolute Gasteiger partial charge is 0.511 e. The predicted octanol–water partition coefficient (Wildman–Crippen LogP) is 3.44. The predicted molar refractivity (Wildman–Crippen MR) is 71.4 cm³/mol. The number of aliphatic hydroxyl groups excluding tert-OH is 1. The molecule has 0 aromatic heterocycles. The van der Waals surface area contributed by atoms with Crippen molar-refractivity contribution in [1.29, 1.82) is 0 Å². The van der Waals surface area contributed by atoms with Crippen LogP contribution in [0.3, 0.4) is 0 Å². The average molecular weight is 327 g/mol. The molecule has 19 heavy (non-hydrogen) atoms. The summed E-state index contributed by atoms with van der Waals surface area (Å²) in [4.78, 5) is 23.2. The monoisotopic (exact) mass is 326 g/mol. The number of Topliss-reactive ketones (excluding diaryl/α,β-unsaturated/α-hetero) is 2. The van der Waals surface area contributed by atoms with Crippen LogP contribution < -0.4 is 0 Å². The van der Waals surface area contributed by atoms with E-state index in [1.807, 2.05) is 0 Å². The van der Waals surface area contributed by atoms with Gasteiger partial charge in [0.05, 0.1) is 5.57 Å². The first-order valence-corrected chi connectivity index (χ1v) is 6.60. The summed E-state index contributed by atoms with van der Waals surface area (Å²) in [6.45, 7) is 1.26. The lowest BCUT2D eigenvalue weighted by Crippen LogP contribution is -2.22. The number of allylic oxidation sites excluding steroid dienone is 2. The highest BCUT2D eigenvalue weighted by Crippen LogP contribution is 2.37. The third kappa shape index (κ3) is 2.76. The molecule has 0 heterocycles. The molecule has 1 N–H and O–H groups in total. The molecule has 0 saturated carbocycles. The molecule has 0 radical (unpaired) electrons. The lowest BCUT2D eigenvalue weighted by Gasteiger charge is -2.23. The highest BCUT2D eigenvalue weighted by atomic mass is 79.9. The summed E-state index contributed by atoms with van der Waals surface area (Å²) in [5.74, 6) is -1.57. The van der Waals surface area contributed by atoms with Crippen LogP contribution in [0.1, 0.15) is 31.2 Å². The molecule has 0 fully saturated rings. The van der Waals surface area contributed by atoms with E-state index < -0.39 is 5.78 Å². The summed E-state index contributed by atoms with van der Waals surface area (Å²) in [6, 6.07) is 4.22. The van der Waals surface area contributed by atoms with E-state index in [-0.39, 0.29) is 41.7 Å². The third-order valence-corrected chi connectivity index (χ3v) is 3.88. The van der Waals surface area contributed by atoms with Crippen molar-refractivity contribution < 1.29 is 19.1 Å². The Morgan fingerprint density at radius 2 is 2.11 bits per heavy atom. The number of hydrogen-bond acceptors (Lipinski definition) is 3. The summed E-state index contributed by atoms with van der Waals surface area (Å²) in [5, 5.41) is 9.84. The number of ketones is 2. The molecule has 1 aliphatic carbocycles. The summed E-state index contributed by atoms with van der Waals surface area (Å²) in [7, 11) is 0. The number of carbonyl (C=O) groups is 2. The van der Waals surface area contributed by atoms with Crippen LogP contribution in [-0.2, 0) is 9.59 Å². The van der Waals surface area contributed by atoms with Gasteiger partial charge in [-0.15, -0.1) is 0 Å². The summed E-state index contributed by atoms with van der Waals surface area (Å²) in [6.07, 6.45) is 0.355. The standard InChI is InChI=1S/C14H12BrFO3/c1-7(17)14-12(18)4-8(5-13(14)19)10-3-2-9(16)6-11(10)15/h2-3,6,8,18H,4-5H2,1H3. The molecule has 2 rings (SSSR count). The molecule has 1 aromatic rings. The van der Waals surface area contributed by atoms with Crippen LogP contribution in [0.15, 0.2) is 34.0 Å². The van der Waals surface area contributed by atoms with E-state index in [0.717, 1.165) is 5.56 Å². The minimum atomic E-state index is -0.417. The van der Waals surface area contributed by atoms with Gasteiger partial charge in [-0.2, -0.15) is 0 Å². The molecule has 0 saturated heterocycles. The molecule has 1 unspecified atom stereocenters. The minimum Gasteiger partial charge on any atom is -0.511 e. The Hall–Kier alpha value is -1.49. The Morgan fingerprint density at radius 1 is 1.42 bits per heavy atom. The number of hydrogen-bond donors (Lipinski definition) is 1. The highest BCUT2D eigenvalue weighted by Gasteiger charge is 2.31. The van der Waals surface area contributed by atoms with Crippen molar-refractivity contribution >= 4 is 27.5 Å². The molecule has 1 aliphatic rings. The zero-order valence-corrected chi connectivity index (χ0v) is 11.8. The van der Waals surface area contributed by atoms with Crippen LogP contribution in [0.2, 0.25) is 0 Å². The molecule has 0 spiro atoms. The quantitative estimate of drug-likeness (QED) is 0.847. The zero-order chi connectivity index (χ0) is 14.2. The fourth-order valence-electron chi connectivity index (χ4n) is 2.35. The van der Waals surface area contributed by atoms with Crippen molar-refractivity contribution in [2.24, 2.45) is 0 Å². The highest BCUT2D eigenvalue weighted by molar-refractivity contribution is 9.10. The van der Waals surface area contributed by atoms with Crippen LogP contribution >= 0.6 is 15.9 Å². The molecule has 5 heteroatoms. The Labute approximate surface area is 118 Å². The first-order valence-electron chi connectivity index (χ1n) is 5.81. The number of benzene rings is 1. The molecule has 0 amide bonds. The van der Waals surface area contributed by atoms with Crippen LogP contribution in [0.5, 0.6) is 0 Å². The van der Waals surface area contributed by atoms with Gasteiger partial charge < -0.3 is 5.11 Å². The fraction of sp³-hybridized carbons (Fsp3) is 0.286. The van der Waals surface area contributed by atoms with E-state index in [2.05, 4.69) is 15.9 Å². The van der Waals surface area contributed by atoms with E-state index in [1.54, 1.807) is 6.07 Å². The average Bonchev–Trinajstić information content (AvgIpc) is 2.26. The van der Waals surface area contributed by atoms with Crippen molar-refractivity contribution in [3.8, 4) is 0 Å². The van der Waals surface area contributed by atoms with E-state index in [1.165, 1.54) is 19.1 Å². The van der Waals surface area contributed by atoms with Crippen LogP contribution in [0.25, 0.3) is 0 Å². The molecule has 0 bridgehead atoms. The molecule has 3 nitrogen and oxygen atoms in total. The maximum Gasteiger partial charge on any atom is 0.170 e. The van der Waals surface area contributed by atoms with Crippen molar-refractivity contribution in [3.05, 3.63) is 45.4 Å². The number of halogens is 2. The molecule has 1 atom stereocenters. The Balaban J connectivity index is 2.36. The SMILES string of the molecule is CC(=O)C1=C(O)CC(c2ccc(F)cc2Br)CC1=O. The normalized spacial score (nSPS) is 19.7. The number of carbonyl (C=O) groups excluding carboxylic acids is 2. The first kappa shape index (κ1) is 13.9. The van der Waals surface area contributed by atoms with Crippen LogP contribution in [0, 0.1) is 5.82 Å². The number of aliphatic hydroxyl groups is 1. The third-order valence-electron chi connectivity index (χ3n) is 3.19. The fourth-order valence-corrected chi connectivity index (χ4v) is 3.02. The van der Waals surface area contributed by atoms with Crippen molar-refractivity contribution in [2.75, 3.05) is 0 Å². The number of rotatable bonds is 2. The second-order valence-electron chi connectivity index (χ2n) is 4.57. The minimum absolute atomic E-state index is 0.102. The van der Waals surface area contributed by atoms with Gasteiger partial charge in [-0.05, 0) is 30.5 Å². The van der Waals surface area contributed by atoms with Crippen LogP contribution in [0.4, 0.5) is 4.39 Å². The summed E-state index contributed by atoms with van der Waals surface area (Å²) >= 11 is 3.25. The van der Waals surface area contributed by atoms with Crippen molar-refractivity contribution in [1.82, 2.24) is 0 Å². The Morgan fingerprint density at radius 3 is 2.63 bits per heavy atom. The first-order chi connectivity index (χ1) is 8.90. The second kappa shape index (κ2) is 5.25. The maximum absolute atomic E-state index is 13.0. The molecule has 1 aromatic carbocycles. The van der Waals surface area contributed by atoms with E-state index in [9.17, 15) is 19.1 Å². The smallest absolute Gasteiger partial charge is 0.170 e. The lowest BCUT2D eigenvalue weighted by molar-refractivity contribution is -0.121. The van der Waals surface area contributed by atoms with E-state index in [0.29, 0.717) is 4.47 Å². The maximum atomic E-state index is 13.0. The molecule has 100 valence electrons. The second-order valence-corrected chi connectivity index (χ2v) is 5.43. The van der Waals surface area contributed by atoms with Gasteiger partial charge >= 0.3 is 0 Å². The molecular formula is C14H12BrFO3. The van der Waals surface area contributed by atoms with Gasteiger partial charge in [-0.3, -0.25) is 9.59 Å². The van der Waals surface area contributed by atoms with Crippen molar-refractivity contribution in [2.45, 2.75) is 25.7 Å². The van der Waals surface area contributed by atoms with Gasteiger partial charge in [0.15, 0.2) is 11.6 Å². The lowest BCUT2D eigenvalue weighted by atomic mass is 9.82. The van der Waals surface area contributed by atoms with Crippen LogP contribution in [-0.4, -0.2) is 16.7 Å². The van der Waals surface area contributed by atoms with E-state index >= 15 is 0 Å². The van der Waals surface area contributed by atoms with Gasteiger partial charge in [0, 0.05) is 17.3 Å². The summed E-state index contributed by atoms with van der Waals surface area (Å²) in [5.41, 5.74) is 0.651. The van der Waals surface area contributed by atoms with Gasteiger partial charge in [-0.25, -0.2) is 4.39 Å². The topological polar surface area (TPSA) is 54.4 Å². The Kier molecular flexibility index (Phi) is 3.85. The Bertz CT molecular complexity index is 592. The molecule has 0 aliphatic heterocycles. The van der Waals surface area contributed by atoms with E-state index in [4.69, 9.17) is 0 Å². The summed E-state index contributed by atoms with van der Waals surface area (Å²) < 4.78 is 13.6. The van der Waals surface area contributed by atoms with Crippen molar-refractivity contribution in [3.63, 3.8) is 0 Å². The van der Waals surface area contributed by atoms with Gasteiger partial charge in [0.1, 0.15) is 11.6 Å². The molecular weight excluding hydrogens is 315 g/mol. The van der Waals surface area contributed by atoms with Gasteiger partial charge in [0.2, 0.25) is 0 Å². The zero-order valence-electron chi connectivity index (χ0n) is 10.2.